The van der Waals surface area contributed by atoms with Gasteiger partial charge in [0.2, 0.25) is 0 Å². The number of carbonyl (C=O) groups is 1. The van der Waals surface area contributed by atoms with Gasteiger partial charge in [0.25, 0.3) is 5.91 Å². The van der Waals surface area contributed by atoms with Gasteiger partial charge in [-0.1, -0.05) is 30.3 Å². The standard InChI is InChI=1S/C20H22N2O2S/c23-19(21-10-12-24-13-11-21)18-15-17-8-14-25-20(17)22(18)9-4-7-16-5-2-1-3-6-16/h1-3,5-6,8,14-15H,4,7,9-13H2. The number of hydrogen-bond donors (Lipinski definition) is 0. The predicted molar refractivity (Wildman–Crippen MR) is 101 cm³/mol. The number of carbonyl (C=O) groups excluding carboxylic acids is 1. The molecule has 2 aromatic heterocycles. The van der Waals surface area contributed by atoms with Crippen LogP contribution in [0.25, 0.3) is 10.2 Å². The molecule has 25 heavy (non-hydrogen) atoms. The van der Waals surface area contributed by atoms with Crippen molar-refractivity contribution in [3.8, 4) is 0 Å². The zero-order chi connectivity index (χ0) is 17.1. The zero-order valence-corrected chi connectivity index (χ0v) is 15.0. The first-order valence-corrected chi connectivity index (χ1v) is 9.68. The summed E-state index contributed by atoms with van der Waals surface area (Å²) in [5.41, 5.74) is 2.16. The monoisotopic (exact) mass is 354 g/mol. The van der Waals surface area contributed by atoms with Crippen LogP contribution in [0, 0.1) is 0 Å². The topological polar surface area (TPSA) is 34.5 Å². The van der Waals surface area contributed by atoms with E-state index in [4.69, 9.17) is 4.74 Å². The Hall–Kier alpha value is -2.11. The number of aromatic nitrogens is 1. The molecule has 1 amide bonds. The molecule has 0 bridgehead atoms. The van der Waals surface area contributed by atoms with Gasteiger partial charge in [0.1, 0.15) is 10.5 Å². The Morgan fingerprint density at radius 3 is 2.72 bits per heavy atom. The molecule has 0 N–H and O–H groups in total. The van der Waals surface area contributed by atoms with E-state index in [0.717, 1.165) is 25.1 Å². The summed E-state index contributed by atoms with van der Waals surface area (Å²) in [5, 5.41) is 3.27. The smallest absolute Gasteiger partial charge is 0.270 e. The molecule has 0 spiro atoms. The third kappa shape index (κ3) is 3.48. The molecule has 0 aliphatic carbocycles. The second-order valence-corrected chi connectivity index (χ2v) is 7.25. The normalized spacial score (nSPS) is 15.0. The molecular formula is C20H22N2O2S. The highest BCUT2D eigenvalue weighted by Crippen LogP contribution is 2.27. The van der Waals surface area contributed by atoms with Crippen molar-refractivity contribution in [2.45, 2.75) is 19.4 Å². The van der Waals surface area contributed by atoms with Gasteiger partial charge in [-0.2, -0.15) is 0 Å². The number of aryl methyl sites for hydroxylation is 2. The largest absolute Gasteiger partial charge is 0.378 e. The van der Waals surface area contributed by atoms with Crippen molar-refractivity contribution in [2.75, 3.05) is 26.3 Å². The van der Waals surface area contributed by atoms with Gasteiger partial charge in [0.15, 0.2) is 0 Å². The molecule has 3 heterocycles. The summed E-state index contributed by atoms with van der Waals surface area (Å²) >= 11 is 1.71. The van der Waals surface area contributed by atoms with Gasteiger partial charge in [-0.05, 0) is 35.9 Å². The summed E-state index contributed by atoms with van der Waals surface area (Å²) in [6.07, 6.45) is 2.05. The third-order valence-corrected chi connectivity index (χ3v) is 5.66. The van der Waals surface area contributed by atoms with E-state index in [1.165, 1.54) is 15.8 Å². The number of amides is 1. The lowest BCUT2D eigenvalue weighted by molar-refractivity contribution is 0.0296. The van der Waals surface area contributed by atoms with Crippen LogP contribution in [0.5, 0.6) is 0 Å². The second-order valence-electron chi connectivity index (χ2n) is 6.36. The first-order chi connectivity index (χ1) is 12.3. The average Bonchev–Trinajstić information content (AvgIpc) is 3.25. The van der Waals surface area contributed by atoms with E-state index in [2.05, 4.69) is 40.3 Å². The summed E-state index contributed by atoms with van der Waals surface area (Å²) in [6, 6.07) is 14.7. The Labute approximate surface area is 151 Å². The lowest BCUT2D eigenvalue weighted by Gasteiger charge is -2.27. The van der Waals surface area contributed by atoms with Crippen LogP contribution in [-0.4, -0.2) is 41.7 Å². The highest BCUT2D eigenvalue weighted by Gasteiger charge is 2.23. The molecule has 0 atom stereocenters. The van der Waals surface area contributed by atoms with E-state index >= 15 is 0 Å². The van der Waals surface area contributed by atoms with E-state index in [-0.39, 0.29) is 5.91 Å². The van der Waals surface area contributed by atoms with Gasteiger partial charge in [0.05, 0.1) is 13.2 Å². The van der Waals surface area contributed by atoms with Crippen LogP contribution in [-0.2, 0) is 17.7 Å². The summed E-state index contributed by atoms with van der Waals surface area (Å²) in [5.74, 6) is 0.131. The summed E-state index contributed by atoms with van der Waals surface area (Å²) in [4.78, 5) is 16.1. The molecule has 0 saturated carbocycles. The second kappa shape index (κ2) is 7.42. The molecule has 0 unspecified atom stereocenters. The minimum Gasteiger partial charge on any atom is -0.378 e. The van der Waals surface area contributed by atoms with Crippen LogP contribution < -0.4 is 0 Å². The van der Waals surface area contributed by atoms with Crippen molar-refractivity contribution in [3.63, 3.8) is 0 Å². The number of rotatable bonds is 5. The quantitative estimate of drug-likeness (QED) is 0.698. The predicted octanol–water partition coefficient (Wildman–Crippen LogP) is 3.81. The number of hydrogen-bond acceptors (Lipinski definition) is 3. The summed E-state index contributed by atoms with van der Waals surface area (Å²) in [7, 11) is 0. The molecule has 3 aromatic rings. The maximum Gasteiger partial charge on any atom is 0.270 e. The summed E-state index contributed by atoms with van der Waals surface area (Å²) < 4.78 is 7.58. The number of thiophene rings is 1. The lowest BCUT2D eigenvalue weighted by atomic mass is 10.1. The molecule has 1 fully saturated rings. The molecule has 5 heteroatoms. The number of ether oxygens (including phenoxy) is 1. The van der Waals surface area contributed by atoms with Crippen molar-refractivity contribution in [1.82, 2.24) is 9.47 Å². The Morgan fingerprint density at radius 1 is 1.12 bits per heavy atom. The Morgan fingerprint density at radius 2 is 1.92 bits per heavy atom. The van der Waals surface area contributed by atoms with Gasteiger partial charge in [-0.3, -0.25) is 4.79 Å². The van der Waals surface area contributed by atoms with E-state index in [1.807, 2.05) is 17.0 Å². The van der Waals surface area contributed by atoms with Crippen molar-refractivity contribution >= 4 is 27.5 Å². The molecule has 1 saturated heterocycles. The lowest BCUT2D eigenvalue weighted by Crippen LogP contribution is -2.41. The minimum absolute atomic E-state index is 0.131. The van der Waals surface area contributed by atoms with E-state index < -0.39 is 0 Å². The first-order valence-electron chi connectivity index (χ1n) is 8.80. The van der Waals surface area contributed by atoms with Crippen LogP contribution >= 0.6 is 11.3 Å². The van der Waals surface area contributed by atoms with Crippen LogP contribution in [0.3, 0.4) is 0 Å². The molecule has 0 radical (unpaired) electrons. The van der Waals surface area contributed by atoms with Gasteiger partial charge >= 0.3 is 0 Å². The van der Waals surface area contributed by atoms with E-state index in [1.54, 1.807) is 11.3 Å². The molecule has 4 nitrogen and oxygen atoms in total. The fourth-order valence-corrected chi connectivity index (χ4v) is 4.31. The average molecular weight is 354 g/mol. The Bertz CT molecular complexity index is 847. The maximum atomic E-state index is 13.0. The van der Waals surface area contributed by atoms with Gasteiger partial charge in [-0.15, -0.1) is 11.3 Å². The summed E-state index contributed by atoms with van der Waals surface area (Å²) in [6.45, 7) is 3.50. The minimum atomic E-state index is 0.131. The van der Waals surface area contributed by atoms with Gasteiger partial charge < -0.3 is 14.2 Å². The number of nitrogens with zero attached hydrogens (tertiary/aromatic N) is 2. The Kier molecular flexibility index (Phi) is 4.85. The Balaban J connectivity index is 1.54. The molecular weight excluding hydrogens is 332 g/mol. The van der Waals surface area contributed by atoms with Crippen LogP contribution in [0.1, 0.15) is 22.5 Å². The van der Waals surface area contributed by atoms with Crippen molar-refractivity contribution in [1.29, 1.82) is 0 Å². The van der Waals surface area contributed by atoms with Crippen molar-refractivity contribution in [2.24, 2.45) is 0 Å². The van der Waals surface area contributed by atoms with Crippen molar-refractivity contribution in [3.05, 3.63) is 59.1 Å². The number of fused-ring (bicyclic) bond motifs is 1. The number of morpholine rings is 1. The van der Waals surface area contributed by atoms with Crippen LogP contribution in [0.15, 0.2) is 47.8 Å². The van der Waals surface area contributed by atoms with Gasteiger partial charge in [-0.25, -0.2) is 0 Å². The first kappa shape index (κ1) is 16.4. The molecule has 1 aliphatic heterocycles. The fourth-order valence-electron chi connectivity index (χ4n) is 3.39. The zero-order valence-electron chi connectivity index (χ0n) is 14.2. The third-order valence-electron chi connectivity index (χ3n) is 4.71. The highest BCUT2D eigenvalue weighted by atomic mass is 32.1. The molecule has 1 aliphatic rings. The molecule has 1 aromatic carbocycles. The van der Waals surface area contributed by atoms with E-state index in [9.17, 15) is 4.79 Å². The SMILES string of the molecule is O=C(c1cc2ccsc2n1CCCc1ccccc1)N1CCOCC1. The van der Waals surface area contributed by atoms with Crippen molar-refractivity contribution < 1.29 is 9.53 Å². The van der Waals surface area contributed by atoms with Crippen LogP contribution in [0.4, 0.5) is 0 Å². The molecule has 4 rings (SSSR count). The molecule has 130 valence electrons. The van der Waals surface area contributed by atoms with Gasteiger partial charge in [0, 0.05) is 25.0 Å². The maximum absolute atomic E-state index is 13.0. The highest BCUT2D eigenvalue weighted by molar-refractivity contribution is 7.16. The van der Waals surface area contributed by atoms with E-state index in [0.29, 0.717) is 26.3 Å². The fraction of sp³-hybridized carbons (Fsp3) is 0.350. The van der Waals surface area contributed by atoms with Crippen LogP contribution in [0.2, 0.25) is 0 Å². The number of benzene rings is 1.